The van der Waals surface area contributed by atoms with Crippen LogP contribution in [0.2, 0.25) is 0 Å². The molecule has 3 nitrogen and oxygen atoms in total. The molecule has 1 aromatic rings. The van der Waals surface area contributed by atoms with E-state index in [0.29, 0.717) is 0 Å². The molecule has 0 atom stereocenters. The summed E-state index contributed by atoms with van der Waals surface area (Å²) in [6, 6.07) is 9.51. The summed E-state index contributed by atoms with van der Waals surface area (Å²) in [6.07, 6.45) is 3.85. The molecule has 0 heterocycles. The molecule has 0 aliphatic heterocycles. The van der Waals surface area contributed by atoms with Gasteiger partial charge < -0.3 is 5.11 Å². The smallest absolute Gasteiger partial charge is 0.314 e. The van der Waals surface area contributed by atoms with E-state index in [0.717, 1.165) is 29.7 Å². The van der Waals surface area contributed by atoms with E-state index >= 15 is 0 Å². The van der Waals surface area contributed by atoms with E-state index in [9.17, 15) is 9.90 Å². The maximum atomic E-state index is 11.3. The summed E-state index contributed by atoms with van der Waals surface area (Å²) in [7, 11) is 0. The average molecular weight is 259 g/mol. The molecule has 1 aliphatic rings. The molecular formula is C14H13NO2S. The highest BCUT2D eigenvalue weighted by Gasteiger charge is 2.45. The van der Waals surface area contributed by atoms with Crippen molar-refractivity contribution in [1.82, 2.24) is 0 Å². The van der Waals surface area contributed by atoms with Crippen LogP contribution in [0.3, 0.4) is 0 Å². The van der Waals surface area contributed by atoms with Crippen LogP contribution >= 0.6 is 11.8 Å². The molecule has 1 N–H and O–H groups in total. The molecule has 18 heavy (non-hydrogen) atoms. The lowest BCUT2D eigenvalue weighted by molar-refractivity contribution is -0.147. The Bertz CT molecular complexity index is 510. The Morgan fingerprint density at radius 3 is 2.50 bits per heavy atom. The van der Waals surface area contributed by atoms with Crippen molar-refractivity contribution in [2.75, 3.05) is 0 Å². The molecule has 0 amide bonds. The first-order chi connectivity index (χ1) is 8.69. The van der Waals surface area contributed by atoms with Gasteiger partial charge in [-0.2, -0.15) is 5.26 Å². The van der Waals surface area contributed by atoms with E-state index in [-0.39, 0.29) is 0 Å². The van der Waals surface area contributed by atoms with Gasteiger partial charge in [0.2, 0.25) is 0 Å². The first kappa shape index (κ1) is 12.7. The van der Waals surface area contributed by atoms with E-state index in [2.05, 4.69) is 0 Å². The van der Waals surface area contributed by atoms with Gasteiger partial charge in [0.1, 0.15) is 0 Å². The van der Waals surface area contributed by atoms with Gasteiger partial charge in [-0.3, -0.25) is 4.79 Å². The van der Waals surface area contributed by atoms with E-state index in [1.165, 1.54) is 17.8 Å². The third-order valence-electron chi connectivity index (χ3n) is 3.37. The largest absolute Gasteiger partial charge is 0.481 e. The lowest BCUT2D eigenvalue weighted by Gasteiger charge is -2.38. The van der Waals surface area contributed by atoms with Crippen LogP contribution in [0, 0.1) is 11.3 Å². The fourth-order valence-corrected chi connectivity index (χ4v) is 2.73. The highest BCUT2D eigenvalue weighted by atomic mass is 32.2. The highest BCUT2D eigenvalue weighted by Crippen LogP contribution is 2.44. The van der Waals surface area contributed by atoms with Gasteiger partial charge in [0.15, 0.2) is 0 Å². The maximum Gasteiger partial charge on any atom is 0.314 e. The number of hydrogen-bond acceptors (Lipinski definition) is 3. The van der Waals surface area contributed by atoms with Gasteiger partial charge in [0.05, 0.1) is 11.5 Å². The zero-order chi connectivity index (χ0) is 13.0. The molecule has 2 rings (SSSR count). The van der Waals surface area contributed by atoms with Crippen LogP contribution in [0.5, 0.6) is 0 Å². The highest BCUT2D eigenvalue weighted by molar-refractivity contribution is 8.02. The second kappa shape index (κ2) is 5.28. The summed E-state index contributed by atoms with van der Waals surface area (Å²) in [5.41, 5.74) is 0.223. The predicted molar refractivity (Wildman–Crippen MR) is 70.2 cm³/mol. The molecule has 0 bridgehead atoms. The lowest BCUT2D eigenvalue weighted by Crippen LogP contribution is -2.42. The second-order valence-electron chi connectivity index (χ2n) is 4.31. The van der Waals surface area contributed by atoms with Gasteiger partial charge in [-0.15, -0.1) is 0 Å². The van der Waals surface area contributed by atoms with Crippen molar-refractivity contribution < 1.29 is 9.90 Å². The number of aliphatic carboxylic acids is 1. The van der Waals surface area contributed by atoms with Crippen molar-refractivity contribution >= 4 is 17.7 Å². The van der Waals surface area contributed by atoms with Crippen molar-refractivity contribution in [3.05, 3.63) is 41.3 Å². The van der Waals surface area contributed by atoms with Crippen LogP contribution in [0.1, 0.15) is 24.8 Å². The van der Waals surface area contributed by atoms with Crippen molar-refractivity contribution in [2.45, 2.75) is 29.6 Å². The third-order valence-corrected chi connectivity index (χ3v) is 4.19. The fourth-order valence-electron chi connectivity index (χ4n) is 2.15. The summed E-state index contributed by atoms with van der Waals surface area (Å²) >= 11 is 1.45. The van der Waals surface area contributed by atoms with E-state index in [1.807, 2.05) is 30.3 Å². The third kappa shape index (κ3) is 2.27. The van der Waals surface area contributed by atoms with Crippen LogP contribution < -0.4 is 0 Å². The number of nitriles is 1. The number of carbonyl (C=O) groups is 1. The number of benzene rings is 1. The molecule has 0 radical (unpaired) electrons. The quantitative estimate of drug-likeness (QED) is 0.665. The van der Waals surface area contributed by atoms with Gasteiger partial charge >= 0.3 is 5.97 Å². The molecule has 0 saturated heterocycles. The van der Waals surface area contributed by atoms with Crippen LogP contribution in [0.15, 0.2) is 40.6 Å². The molecule has 92 valence electrons. The molecule has 0 unspecified atom stereocenters. The van der Waals surface area contributed by atoms with Crippen molar-refractivity contribution in [3.8, 4) is 6.07 Å². The van der Waals surface area contributed by atoms with Crippen molar-refractivity contribution in [1.29, 1.82) is 5.26 Å². The minimum Gasteiger partial charge on any atom is -0.481 e. The maximum absolute atomic E-state index is 11.3. The average Bonchev–Trinajstić information content (AvgIpc) is 2.29. The summed E-state index contributed by atoms with van der Waals surface area (Å²) in [5.74, 6) is -0.724. The van der Waals surface area contributed by atoms with Crippen LogP contribution in [0.25, 0.3) is 0 Å². The molecule has 1 aromatic carbocycles. The first-order valence-corrected chi connectivity index (χ1v) is 6.62. The molecular weight excluding hydrogens is 246 g/mol. The zero-order valence-electron chi connectivity index (χ0n) is 9.80. The van der Waals surface area contributed by atoms with Crippen molar-refractivity contribution in [2.24, 2.45) is 0 Å². The van der Waals surface area contributed by atoms with Gasteiger partial charge in [-0.05, 0) is 35.9 Å². The van der Waals surface area contributed by atoms with Gasteiger partial charge in [0, 0.05) is 11.0 Å². The van der Waals surface area contributed by atoms with E-state index in [4.69, 9.17) is 5.26 Å². The number of hydrogen-bond donors (Lipinski definition) is 1. The zero-order valence-corrected chi connectivity index (χ0v) is 10.6. The molecule has 0 spiro atoms. The Morgan fingerprint density at radius 1 is 1.39 bits per heavy atom. The number of rotatable bonds is 4. The number of carboxylic acid groups (broad SMARTS) is 1. The van der Waals surface area contributed by atoms with E-state index in [1.54, 1.807) is 5.41 Å². The van der Waals surface area contributed by atoms with Crippen molar-refractivity contribution in [3.63, 3.8) is 0 Å². The summed E-state index contributed by atoms with van der Waals surface area (Å²) in [6.45, 7) is 0. The number of nitrogens with zero attached hydrogens (tertiary/aromatic N) is 1. The van der Waals surface area contributed by atoms with Crippen LogP contribution in [-0.4, -0.2) is 11.1 Å². The van der Waals surface area contributed by atoms with Gasteiger partial charge in [0.25, 0.3) is 0 Å². The molecule has 1 fully saturated rings. The fraction of sp³-hybridized carbons (Fsp3) is 0.286. The molecule has 1 saturated carbocycles. The topological polar surface area (TPSA) is 61.1 Å². The number of thioether (sulfide) groups is 1. The van der Waals surface area contributed by atoms with Gasteiger partial charge in [-0.25, -0.2) is 0 Å². The molecule has 1 aliphatic carbocycles. The number of allylic oxidation sites excluding steroid dienone is 1. The SMILES string of the molecule is N#C/C=C/Sc1ccc(C2(C(=O)O)CCC2)cc1. The Hall–Kier alpha value is -1.73. The minimum atomic E-state index is -0.724. The Kier molecular flexibility index (Phi) is 3.73. The minimum absolute atomic E-state index is 0.661. The monoisotopic (exact) mass is 259 g/mol. The summed E-state index contributed by atoms with van der Waals surface area (Å²) < 4.78 is 0. The number of carboxylic acids is 1. The predicted octanol–water partition coefficient (Wildman–Crippen LogP) is 3.32. The first-order valence-electron chi connectivity index (χ1n) is 5.74. The normalized spacial score (nSPS) is 17.1. The standard InChI is InChI=1S/C14H13NO2S/c15-9-2-10-18-12-5-3-11(4-6-12)14(13(16)17)7-1-8-14/h2-6,10H,1,7-8H2,(H,16,17)/b10-2+. The Labute approximate surface area is 110 Å². The Morgan fingerprint density at radius 2 is 2.06 bits per heavy atom. The van der Waals surface area contributed by atoms with Gasteiger partial charge in [-0.1, -0.05) is 30.3 Å². The molecule has 4 heteroatoms. The van der Waals surface area contributed by atoms with Crippen LogP contribution in [0.4, 0.5) is 0 Å². The Balaban J connectivity index is 2.15. The van der Waals surface area contributed by atoms with Crippen LogP contribution in [-0.2, 0) is 10.2 Å². The van der Waals surface area contributed by atoms with E-state index < -0.39 is 11.4 Å². The second-order valence-corrected chi connectivity index (χ2v) is 5.29. The molecule has 0 aromatic heterocycles. The summed E-state index contributed by atoms with van der Waals surface area (Å²) in [5, 5.41) is 19.4. The summed E-state index contributed by atoms with van der Waals surface area (Å²) in [4.78, 5) is 12.4. The lowest BCUT2D eigenvalue weighted by atomic mass is 9.64.